The second-order valence-corrected chi connectivity index (χ2v) is 6.90. The van der Waals surface area contributed by atoms with Crippen LogP contribution in [0.3, 0.4) is 0 Å². The van der Waals surface area contributed by atoms with E-state index in [1.807, 2.05) is 26.0 Å². The van der Waals surface area contributed by atoms with Crippen LogP contribution in [0.25, 0.3) is 0 Å². The molecule has 0 aromatic heterocycles. The highest BCUT2D eigenvalue weighted by molar-refractivity contribution is 7.80. The van der Waals surface area contributed by atoms with Gasteiger partial charge < -0.3 is 30.6 Å². The quantitative estimate of drug-likeness (QED) is 0.659. The largest absolute Gasteiger partial charge is 0.370 e. The first-order valence-electron chi connectivity index (χ1n) is 8.21. The van der Waals surface area contributed by atoms with Crippen LogP contribution in [0.2, 0.25) is 0 Å². The number of aryl methyl sites for hydroxylation is 2. The molecule has 1 aromatic carbocycles. The third-order valence-corrected chi connectivity index (χ3v) is 4.46. The minimum Gasteiger partial charge on any atom is -0.370 e. The molecule has 2 aliphatic heterocycles. The Balaban J connectivity index is 1.54. The topological polar surface area (TPSA) is 94.8 Å². The van der Waals surface area contributed by atoms with Gasteiger partial charge in [0.25, 0.3) is 0 Å². The highest BCUT2D eigenvalue weighted by atomic mass is 32.1. The van der Waals surface area contributed by atoms with Gasteiger partial charge in [0.15, 0.2) is 5.11 Å². The standard InChI is InChI=1S/C17H23N3O4S/c1-9-3-10(2)5-11(4-9)19-17(25)20-12-6-23-16-13(7-24-15(12)16)22-8-14(18)21/h3-5,12-13,15-16H,6-8H2,1-2H3,(H2,18,21)(H2,19,20,25). The third-order valence-electron chi connectivity index (χ3n) is 4.24. The number of thiocarbonyl (C=S) groups is 1. The van der Waals surface area contributed by atoms with Crippen molar-refractivity contribution in [1.29, 1.82) is 0 Å². The van der Waals surface area contributed by atoms with Gasteiger partial charge in [-0.3, -0.25) is 4.79 Å². The first-order chi connectivity index (χ1) is 11.9. The number of amides is 1. The third kappa shape index (κ3) is 4.46. The molecular weight excluding hydrogens is 342 g/mol. The summed E-state index contributed by atoms with van der Waals surface area (Å²) in [4.78, 5) is 10.9. The summed E-state index contributed by atoms with van der Waals surface area (Å²) in [6.07, 6.45) is -0.678. The SMILES string of the molecule is Cc1cc(C)cc(NC(=S)NC2COC3C(OCC(N)=O)COC23)c1. The van der Waals surface area contributed by atoms with E-state index >= 15 is 0 Å². The van der Waals surface area contributed by atoms with Crippen molar-refractivity contribution >= 4 is 28.9 Å². The number of rotatable bonds is 5. The van der Waals surface area contributed by atoms with Gasteiger partial charge in [0.1, 0.15) is 24.9 Å². The average molecular weight is 365 g/mol. The van der Waals surface area contributed by atoms with Gasteiger partial charge >= 0.3 is 0 Å². The molecule has 4 unspecified atom stereocenters. The van der Waals surface area contributed by atoms with Gasteiger partial charge in [-0.05, 0) is 49.3 Å². The second-order valence-electron chi connectivity index (χ2n) is 6.49. The molecule has 1 aromatic rings. The normalized spacial score (nSPS) is 27.8. The van der Waals surface area contributed by atoms with E-state index in [4.69, 9.17) is 32.2 Å². The Kier molecular flexibility index (Phi) is 5.53. The van der Waals surface area contributed by atoms with Crippen LogP contribution in [0, 0.1) is 13.8 Å². The van der Waals surface area contributed by atoms with E-state index in [-0.39, 0.29) is 31.0 Å². The van der Waals surface area contributed by atoms with E-state index in [1.165, 1.54) is 11.1 Å². The zero-order chi connectivity index (χ0) is 18.0. The molecule has 0 radical (unpaired) electrons. The van der Waals surface area contributed by atoms with Crippen molar-refractivity contribution in [2.45, 2.75) is 38.2 Å². The van der Waals surface area contributed by atoms with Crippen molar-refractivity contribution in [2.24, 2.45) is 5.73 Å². The average Bonchev–Trinajstić information content (AvgIpc) is 3.07. The van der Waals surface area contributed by atoms with E-state index in [2.05, 4.69) is 16.7 Å². The van der Waals surface area contributed by atoms with Crippen LogP contribution in [-0.4, -0.2) is 55.2 Å². The van der Waals surface area contributed by atoms with Gasteiger partial charge in [0, 0.05) is 5.69 Å². The zero-order valence-electron chi connectivity index (χ0n) is 14.3. The molecule has 4 N–H and O–H groups in total. The Bertz CT molecular complexity index is 649. The van der Waals surface area contributed by atoms with Gasteiger partial charge in [0.2, 0.25) is 5.91 Å². The number of nitrogens with two attached hydrogens (primary N) is 1. The number of ether oxygens (including phenoxy) is 3. The number of benzene rings is 1. The van der Waals surface area contributed by atoms with Gasteiger partial charge in [-0.1, -0.05) is 6.07 Å². The molecule has 0 aliphatic carbocycles. The number of hydrogen-bond acceptors (Lipinski definition) is 5. The van der Waals surface area contributed by atoms with Gasteiger partial charge in [0.05, 0.1) is 19.3 Å². The maximum atomic E-state index is 10.9. The molecule has 4 atom stereocenters. The molecule has 2 heterocycles. The summed E-state index contributed by atoms with van der Waals surface area (Å²) in [5.74, 6) is -0.505. The summed E-state index contributed by atoms with van der Waals surface area (Å²) >= 11 is 5.41. The maximum absolute atomic E-state index is 10.9. The Morgan fingerprint density at radius 2 is 1.92 bits per heavy atom. The molecule has 0 spiro atoms. The molecule has 3 rings (SSSR count). The van der Waals surface area contributed by atoms with Crippen molar-refractivity contribution in [3.8, 4) is 0 Å². The minimum absolute atomic E-state index is 0.0712. The summed E-state index contributed by atoms with van der Waals surface area (Å²) < 4.78 is 17.0. The summed E-state index contributed by atoms with van der Waals surface area (Å²) in [6, 6.07) is 6.11. The summed E-state index contributed by atoms with van der Waals surface area (Å²) in [7, 11) is 0. The predicted octanol–water partition coefficient (Wildman–Crippen LogP) is 0.627. The lowest BCUT2D eigenvalue weighted by molar-refractivity contribution is -0.126. The van der Waals surface area contributed by atoms with Crippen LogP contribution < -0.4 is 16.4 Å². The van der Waals surface area contributed by atoms with E-state index in [0.29, 0.717) is 18.3 Å². The van der Waals surface area contributed by atoms with Crippen molar-refractivity contribution in [1.82, 2.24) is 5.32 Å². The first-order valence-corrected chi connectivity index (χ1v) is 8.62. The lowest BCUT2D eigenvalue weighted by atomic mass is 10.1. The molecule has 0 saturated carbocycles. The van der Waals surface area contributed by atoms with Crippen LogP contribution in [0.5, 0.6) is 0 Å². The van der Waals surface area contributed by atoms with Crippen LogP contribution in [0.1, 0.15) is 11.1 Å². The number of nitrogens with one attached hydrogen (secondary N) is 2. The van der Waals surface area contributed by atoms with Crippen LogP contribution in [0.4, 0.5) is 5.69 Å². The van der Waals surface area contributed by atoms with Crippen molar-refractivity contribution in [3.63, 3.8) is 0 Å². The summed E-state index contributed by atoms with van der Waals surface area (Å²) in [5.41, 5.74) is 8.40. The molecule has 25 heavy (non-hydrogen) atoms. The van der Waals surface area contributed by atoms with Crippen molar-refractivity contribution in [2.75, 3.05) is 25.1 Å². The van der Waals surface area contributed by atoms with Gasteiger partial charge in [-0.15, -0.1) is 0 Å². The molecule has 2 aliphatic rings. The number of anilines is 1. The number of carbonyl (C=O) groups excluding carboxylic acids is 1. The minimum atomic E-state index is -0.505. The monoisotopic (exact) mass is 365 g/mol. The molecule has 7 nitrogen and oxygen atoms in total. The second kappa shape index (κ2) is 7.65. The Labute approximate surface area is 152 Å². The first kappa shape index (κ1) is 18.1. The fraction of sp³-hybridized carbons (Fsp3) is 0.529. The lowest BCUT2D eigenvalue weighted by Gasteiger charge is -2.20. The van der Waals surface area contributed by atoms with E-state index in [0.717, 1.165) is 5.69 Å². The van der Waals surface area contributed by atoms with Gasteiger partial charge in [-0.25, -0.2) is 0 Å². The smallest absolute Gasteiger partial charge is 0.243 e. The zero-order valence-corrected chi connectivity index (χ0v) is 15.1. The molecule has 136 valence electrons. The predicted molar refractivity (Wildman–Crippen MR) is 97.5 cm³/mol. The molecular formula is C17H23N3O4S. The van der Waals surface area contributed by atoms with Crippen molar-refractivity contribution < 1.29 is 19.0 Å². The highest BCUT2D eigenvalue weighted by Gasteiger charge is 2.48. The van der Waals surface area contributed by atoms with Crippen LogP contribution in [-0.2, 0) is 19.0 Å². The van der Waals surface area contributed by atoms with E-state index < -0.39 is 5.91 Å². The Morgan fingerprint density at radius 1 is 1.24 bits per heavy atom. The Hall–Kier alpha value is -1.74. The molecule has 0 bridgehead atoms. The number of carbonyl (C=O) groups is 1. The molecule has 2 saturated heterocycles. The summed E-state index contributed by atoms with van der Waals surface area (Å²) in [6.45, 7) is 4.79. The lowest BCUT2D eigenvalue weighted by Crippen LogP contribution is -2.46. The van der Waals surface area contributed by atoms with E-state index in [1.54, 1.807) is 0 Å². The van der Waals surface area contributed by atoms with Crippen LogP contribution in [0.15, 0.2) is 18.2 Å². The number of fused-ring (bicyclic) bond motifs is 1. The Morgan fingerprint density at radius 3 is 2.60 bits per heavy atom. The van der Waals surface area contributed by atoms with Crippen molar-refractivity contribution in [3.05, 3.63) is 29.3 Å². The fourth-order valence-corrected chi connectivity index (χ4v) is 3.57. The number of hydrogen-bond donors (Lipinski definition) is 3. The summed E-state index contributed by atoms with van der Waals surface area (Å²) in [5, 5.41) is 6.96. The van der Waals surface area contributed by atoms with Gasteiger partial charge in [-0.2, -0.15) is 0 Å². The molecule has 8 heteroatoms. The molecule has 1 amide bonds. The van der Waals surface area contributed by atoms with E-state index in [9.17, 15) is 4.79 Å². The molecule has 2 fully saturated rings. The fourth-order valence-electron chi connectivity index (χ4n) is 3.30. The number of primary amides is 1. The maximum Gasteiger partial charge on any atom is 0.243 e. The van der Waals surface area contributed by atoms with Crippen LogP contribution >= 0.6 is 12.2 Å². The highest BCUT2D eigenvalue weighted by Crippen LogP contribution is 2.29.